The van der Waals surface area contributed by atoms with Crippen LogP contribution in [0.15, 0.2) is 64.0 Å². The van der Waals surface area contributed by atoms with Gasteiger partial charge in [0.15, 0.2) is 11.5 Å². The van der Waals surface area contributed by atoms with Crippen LogP contribution in [-0.4, -0.2) is 10.3 Å². The first kappa shape index (κ1) is 14.6. The van der Waals surface area contributed by atoms with Crippen LogP contribution in [0.25, 0.3) is 11.3 Å². The number of hydrogen-bond donors (Lipinski definition) is 0. The van der Waals surface area contributed by atoms with Gasteiger partial charge in [0.25, 0.3) is 0 Å². The lowest BCUT2D eigenvalue weighted by atomic mass is 10.1. The number of aryl methyl sites for hydroxylation is 2. The Labute approximate surface area is 133 Å². The van der Waals surface area contributed by atoms with Crippen LogP contribution >= 0.6 is 11.8 Å². The first-order chi connectivity index (χ1) is 10.6. The topological polar surface area (TPSA) is 43.1 Å². The smallest absolute Gasteiger partial charge is 0.246 e. The lowest BCUT2D eigenvalue weighted by Crippen LogP contribution is -1.92. The van der Waals surface area contributed by atoms with E-state index in [1.165, 1.54) is 11.1 Å². The second kappa shape index (κ2) is 6.20. The Balaban J connectivity index is 1.76. The average molecular weight is 309 g/mol. The molecule has 0 bridgehead atoms. The molecule has 0 N–H and O–H groups in total. The normalized spacial score (nSPS) is 10.6. The van der Waals surface area contributed by atoms with Gasteiger partial charge in [-0.1, -0.05) is 52.7 Å². The van der Waals surface area contributed by atoms with Gasteiger partial charge in [0.2, 0.25) is 5.12 Å². The second-order valence-electron chi connectivity index (χ2n) is 5.15. The SMILES string of the molecule is Cc1ccc(SC(=O)c2cc(-c3ccc(C)cc3)on2)cc1. The van der Waals surface area contributed by atoms with Crippen molar-refractivity contribution in [1.29, 1.82) is 0 Å². The average Bonchev–Trinajstić information content (AvgIpc) is 3.00. The molecule has 2 aromatic carbocycles. The lowest BCUT2D eigenvalue weighted by Gasteiger charge is -1.98. The van der Waals surface area contributed by atoms with E-state index in [4.69, 9.17) is 4.52 Å². The van der Waals surface area contributed by atoms with E-state index in [2.05, 4.69) is 5.16 Å². The second-order valence-corrected chi connectivity index (χ2v) is 6.19. The number of aromatic nitrogens is 1. The minimum absolute atomic E-state index is 0.119. The van der Waals surface area contributed by atoms with Crippen LogP contribution < -0.4 is 0 Å². The summed E-state index contributed by atoms with van der Waals surface area (Å²) in [5.74, 6) is 0.604. The zero-order valence-electron chi connectivity index (χ0n) is 12.4. The van der Waals surface area contributed by atoms with Crippen molar-refractivity contribution in [2.45, 2.75) is 18.7 Å². The van der Waals surface area contributed by atoms with Crippen molar-refractivity contribution < 1.29 is 9.32 Å². The van der Waals surface area contributed by atoms with Crippen molar-refractivity contribution in [2.75, 3.05) is 0 Å². The van der Waals surface area contributed by atoms with E-state index in [9.17, 15) is 4.79 Å². The van der Waals surface area contributed by atoms with Crippen LogP contribution in [0.1, 0.15) is 21.6 Å². The van der Waals surface area contributed by atoms with Gasteiger partial charge in [-0.15, -0.1) is 0 Å². The molecule has 22 heavy (non-hydrogen) atoms. The molecule has 0 saturated heterocycles. The molecule has 0 atom stereocenters. The Morgan fingerprint density at radius 2 is 1.55 bits per heavy atom. The summed E-state index contributed by atoms with van der Waals surface area (Å²) >= 11 is 1.15. The van der Waals surface area contributed by atoms with Gasteiger partial charge in [0, 0.05) is 16.5 Å². The first-order valence-electron chi connectivity index (χ1n) is 6.94. The summed E-state index contributed by atoms with van der Waals surface area (Å²) in [5.41, 5.74) is 3.59. The van der Waals surface area contributed by atoms with Crippen molar-refractivity contribution in [3.63, 3.8) is 0 Å². The van der Waals surface area contributed by atoms with Gasteiger partial charge in [0.1, 0.15) is 0 Å². The summed E-state index contributed by atoms with van der Waals surface area (Å²) < 4.78 is 5.28. The van der Waals surface area contributed by atoms with Gasteiger partial charge in [-0.3, -0.25) is 4.79 Å². The van der Waals surface area contributed by atoms with E-state index in [0.29, 0.717) is 11.5 Å². The van der Waals surface area contributed by atoms with Gasteiger partial charge in [0.05, 0.1) is 0 Å². The van der Waals surface area contributed by atoms with Crippen LogP contribution in [-0.2, 0) is 0 Å². The fourth-order valence-corrected chi connectivity index (χ4v) is 2.68. The lowest BCUT2D eigenvalue weighted by molar-refractivity contribution is 0.108. The number of hydrogen-bond acceptors (Lipinski definition) is 4. The highest BCUT2D eigenvalue weighted by molar-refractivity contribution is 8.14. The standard InChI is InChI=1S/C18H15NO2S/c1-12-3-7-14(8-4-12)17-11-16(19-21-17)18(20)22-15-9-5-13(2)6-10-15/h3-11H,1-2H3. The third-order valence-electron chi connectivity index (χ3n) is 3.29. The summed E-state index contributed by atoms with van der Waals surface area (Å²) in [7, 11) is 0. The summed E-state index contributed by atoms with van der Waals surface area (Å²) in [4.78, 5) is 13.1. The molecule has 0 aliphatic heterocycles. The monoisotopic (exact) mass is 309 g/mol. The van der Waals surface area contributed by atoms with Crippen LogP contribution in [0.3, 0.4) is 0 Å². The zero-order valence-corrected chi connectivity index (χ0v) is 13.2. The number of benzene rings is 2. The molecule has 0 unspecified atom stereocenters. The molecule has 1 heterocycles. The summed E-state index contributed by atoms with van der Waals surface area (Å²) in [6.07, 6.45) is 0. The Bertz CT molecular complexity index is 789. The van der Waals surface area contributed by atoms with Crippen LogP contribution in [0.2, 0.25) is 0 Å². The zero-order chi connectivity index (χ0) is 15.5. The van der Waals surface area contributed by atoms with E-state index in [-0.39, 0.29) is 5.12 Å². The number of thioether (sulfide) groups is 1. The van der Waals surface area contributed by atoms with Crippen LogP contribution in [0, 0.1) is 13.8 Å². The third-order valence-corrected chi connectivity index (χ3v) is 4.19. The predicted molar refractivity (Wildman–Crippen MR) is 88.0 cm³/mol. The van der Waals surface area contributed by atoms with Crippen LogP contribution in [0.4, 0.5) is 0 Å². The Kier molecular flexibility index (Phi) is 4.11. The molecule has 0 aliphatic carbocycles. The highest BCUT2D eigenvalue weighted by Gasteiger charge is 2.15. The van der Waals surface area contributed by atoms with E-state index in [1.54, 1.807) is 6.07 Å². The summed E-state index contributed by atoms with van der Waals surface area (Å²) in [6.45, 7) is 4.04. The highest BCUT2D eigenvalue weighted by Crippen LogP contribution is 2.26. The molecule has 3 aromatic rings. The molecule has 3 rings (SSSR count). The maximum absolute atomic E-state index is 12.2. The van der Waals surface area contributed by atoms with Gasteiger partial charge < -0.3 is 4.52 Å². The first-order valence-corrected chi connectivity index (χ1v) is 7.76. The van der Waals surface area contributed by atoms with Crippen molar-refractivity contribution in [2.24, 2.45) is 0 Å². The Morgan fingerprint density at radius 1 is 0.955 bits per heavy atom. The molecule has 0 aliphatic rings. The van der Waals surface area contributed by atoms with E-state index in [0.717, 1.165) is 22.2 Å². The minimum atomic E-state index is -0.119. The minimum Gasteiger partial charge on any atom is -0.356 e. The fraction of sp³-hybridized carbons (Fsp3) is 0.111. The van der Waals surface area contributed by atoms with E-state index in [1.807, 2.05) is 62.4 Å². The quantitative estimate of drug-likeness (QED) is 0.646. The number of rotatable bonds is 3. The number of nitrogens with zero attached hydrogens (tertiary/aromatic N) is 1. The van der Waals surface area contributed by atoms with Crippen molar-refractivity contribution in [3.8, 4) is 11.3 Å². The summed E-state index contributed by atoms with van der Waals surface area (Å²) in [5, 5.41) is 3.76. The highest BCUT2D eigenvalue weighted by atomic mass is 32.2. The van der Waals surface area contributed by atoms with Gasteiger partial charge >= 0.3 is 0 Å². The van der Waals surface area contributed by atoms with E-state index < -0.39 is 0 Å². The Morgan fingerprint density at radius 3 is 2.18 bits per heavy atom. The van der Waals surface area contributed by atoms with Gasteiger partial charge in [-0.05, 0) is 37.7 Å². The molecule has 0 fully saturated rings. The van der Waals surface area contributed by atoms with Crippen molar-refractivity contribution in [1.82, 2.24) is 5.16 Å². The van der Waals surface area contributed by atoms with Crippen molar-refractivity contribution in [3.05, 3.63) is 71.4 Å². The van der Waals surface area contributed by atoms with E-state index >= 15 is 0 Å². The molecule has 110 valence electrons. The maximum Gasteiger partial charge on any atom is 0.246 e. The molecule has 0 amide bonds. The van der Waals surface area contributed by atoms with Gasteiger partial charge in [-0.25, -0.2) is 0 Å². The fourth-order valence-electron chi connectivity index (χ4n) is 1.99. The molecule has 4 heteroatoms. The largest absolute Gasteiger partial charge is 0.356 e. The third kappa shape index (κ3) is 3.28. The predicted octanol–water partition coefficient (Wildman–Crippen LogP) is 4.89. The molecule has 0 radical (unpaired) electrons. The van der Waals surface area contributed by atoms with Crippen molar-refractivity contribution >= 4 is 16.9 Å². The van der Waals surface area contributed by atoms with Crippen LogP contribution in [0.5, 0.6) is 0 Å². The summed E-state index contributed by atoms with van der Waals surface area (Å²) in [6, 6.07) is 17.4. The molecule has 0 spiro atoms. The maximum atomic E-state index is 12.2. The number of carbonyl (C=O) groups is 1. The molecule has 0 saturated carbocycles. The molecule has 1 aromatic heterocycles. The molecular weight excluding hydrogens is 294 g/mol. The molecular formula is C18H15NO2S. The number of carbonyl (C=O) groups excluding carboxylic acids is 1. The van der Waals surface area contributed by atoms with Gasteiger partial charge in [-0.2, -0.15) is 0 Å². The molecule has 3 nitrogen and oxygen atoms in total. The Hall–Kier alpha value is -2.33.